The first-order chi connectivity index (χ1) is 34.5. The molecule has 0 unspecified atom stereocenters. The molecule has 0 fully saturated rings. The van der Waals surface area contributed by atoms with Crippen LogP contribution in [0.15, 0.2) is 259 Å². The highest BCUT2D eigenvalue weighted by Crippen LogP contribution is 2.53. The van der Waals surface area contributed by atoms with Crippen LogP contribution < -0.4 is 9.80 Å². The predicted octanol–water partition coefficient (Wildman–Crippen LogP) is 19.0. The number of anilines is 6. The Morgan fingerprint density at radius 1 is 0.329 bits per heavy atom. The minimum absolute atomic E-state index is 0.275. The van der Waals surface area contributed by atoms with Crippen molar-refractivity contribution in [2.24, 2.45) is 0 Å². The van der Waals surface area contributed by atoms with Gasteiger partial charge in [-0.15, -0.1) is 0 Å². The number of benzene rings is 11. The molecular weight excluding hydrogens is 849 g/mol. The number of fused-ring (bicyclic) bond motifs is 7. The van der Waals surface area contributed by atoms with Gasteiger partial charge >= 0.3 is 0 Å². The van der Waals surface area contributed by atoms with E-state index in [1.54, 1.807) is 0 Å². The van der Waals surface area contributed by atoms with E-state index < -0.39 is 0 Å². The number of rotatable bonds is 9. The molecule has 0 radical (unpaired) electrons. The number of hydrogen-bond acceptors (Lipinski definition) is 3. The van der Waals surface area contributed by atoms with E-state index >= 15 is 0 Å². The van der Waals surface area contributed by atoms with Crippen LogP contribution in [0.2, 0.25) is 0 Å². The van der Waals surface area contributed by atoms with E-state index in [0.29, 0.717) is 0 Å². The molecule has 0 saturated heterocycles. The van der Waals surface area contributed by atoms with Crippen molar-refractivity contribution in [1.29, 1.82) is 0 Å². The van der Waals surface area contributed by atoms with Gasteiger partial charge in [0.15, 0.2) is 5.58 Å². The highest BCUT2D eigenvalue weighted by Gasteiger charge is 2.37. The Kier molecular flexibility index (Phi) is 9.85. The largest absolute Gasteiger partial charge is 0.454 e. The maximum absolute atomic E-state index is 6.95. The molecular formula is C67H48N2O. The molecule has 1 aromatic heterocycles. The first-order valence-electron chi connectivity index (χ1n) is 24.2. The lowest BCUT2D eigenvalue weighted by Crippen LogP contribution is -2.17. The minimum atomic E-state index is -0.275. The van der Waals surface area contributed by atoms with Crippen LogP contribution in [0.5, 0.6) is 0 Å². The standard InChI is InChI=1S/C67H48N2O/c1-67(2)61-42-48(45-20-7-3-8-21-45)35-38-57(61)58-39-36-52(44-62(58)67)69(63-32-19-31-60-59-30-17-18-33-64(59)70-66(60)63)54-41-49(40-53(43-54)68(50-25-11-5-12-26-50)51-27-13-6-14-28-51)56-37-34-46-22-15-16-29-55(46)65(56)47-23-9-4-10-24-47/h3-44H,1-2H3. The van der Waals surface area contributed by atoms with Crippen molar-refractivity contribution in [2.45, 2.75) is 19.3 Å². The Bertz CT molecular complexity index is 3870. The van der Waals surface area contributed by atoms with Crippen LogP contribution in [0, 0.1) is 0 Å². The van der Waals surface area contributed by atoms with Crippen LogP contribution >= 0.6 is 0 Å². The van der Waals surface area contributed by atoms with E-state index in [-0.39, 0.29) is 5.41 Å². The molecule has 1 aliphatic carbocycles. The Morgan fingerprint density at radius 2 is 0.886 bits per heavy atom. The van der Waals surface area contributed by atoms with Crippen molar-refractivity contribution >= 4 is 66.8 Å². The first-order valence-corrected chi connectivity index (χ1v) is 24.2. The van der Waals surface area contributed by atoms with Crippen LogP contribution in [-0.2, 0) is 5.41 Å². The predicted molar refractivity (Wildman–Crippen MR) is 294 cm³/mol. The van der Waals surface area contributed by atoms with Gasteiger partial charge in [0, 0.05) is 44.6 Å². The van der Waals surface area contributed by atoms with Gasteiger partial charge in [-0.2, -0.15) is 0 Å². The van der Waals surface area contributed by atoms with Crippen LogP contribution in [-0.4, -0.2) is 0 Å². The smallest absolute Gasteiger partial charge is 0.159 e. The quantitative estimate of drug-likeness (QED) is 0.144. The van der Waals surface area contributed by atoms with Crippen LogP contribution in [0.1, 0.15) is 25.0 Å². The summed E-state index contributed by atoms with van der Waals surface area (Å²) in [6.07, 6.45) is 0. The molecule has 3 heteroatoms. The van der Waals surface area contributed by atoms with E-state index in [1.165, 1.54) is 55.3 Å². The van der Waals surface area contributed by atoms with Gasteiger partial charge < -0.3 is 14.2 Å². The molecule has 332 valence electrons. The molecule has 0 N–H and O–H groups in total. The summed E-state index contributed by atoms with van der Waals surface area (Å²) >= 11 is 0. The third-order valence-corrected chi connectivity index (χ3v) is 14.4. The molecule has 70 heavy (non-hydrogen) atoms. The summed E-state index contributed by atoms with van der Waals surface area (Å²) in [4.78, 5) is 4.81. The minimum Gasteiger partial charge on any atom is -0.454 e. The number of hydrogen-bond donors (Lipinski definition) is 0. The van der Waals surface area contributed by atoms with Gasteiger partial charge in [0.1, 0.15) is 5.58 Å². The summed E-state index contributed by atoms with van der Waals surface area (Å²) in [6.45, 7) is 4.75. The summed E-state index contributed by atoms with van der Waals surface area (Å²) in [5.41, 5.74) is 19.8. The van der Waals surface area contributed by atoms with Crippen molar-refractivity contribution in [3.63, 3.8) is 0 Å². The van der Waals surface area contributed by atoms with E-state index in [4.69, 9.17) is 4.42 Å². The maximum atomic E-state index is 6.95. The monoisotopic (exact) mass is 896 g/mol. The first kappa shape index (κ1) is 41.3. The SMILES string of the molecule is CC1(C)c2cc(-c3ccccc3)ccc2-c2ccc(N(c3cc(-c4ccc5ccccc5c4-c4ccccc4)cc(N(c4ccccc4)c4ccccc4)c3)c3cccc4c3oc3ccccc34)cc21. The molecule has 0 atom stereocenters. The summed E-state index contributed by atoms with van der Waals surface area (Å²) in [5.74, 6) is 0. The highest BCUT2D eigenvalue weighted by atomic mass is 16.3. The van der Waals surface area contributed by atoms with Gasteiger partial charge in [-0.3, -0.25) is 0 Å². The van der Waals surface area contributed by atoms with Gasteiger partial charge in [-0.05, 0) is 139 Å². The third kappa shape index (κ3) is 6.89. The highest BCUT2D eigenvalue weighted by molar-refractivity contribution is 6.11. The second kappa shape index (κ2) is 16.7. The average molecular weight is 897 g/mol. The molecule has 1 aliphatic rings. The van der Waals surface area contributed by atoms with E-state index in [1.807, 2.05) is 0 Å². The molecule has 0 aliphatic heterocycles. The maximum Gasteiger partial charge on any atom is 0.159 e. The number of furan rings is 1. The van der Waals surface area contributed by atoms with Crippen molar-refractivity contribution < 1.29 is 4.42 Å². The van der Waals surface area contributed by atoms with E-state index in [2.05, 4.69) is 278 Å². The lowest BCUT2D eigenvalue weighted by atomic mass is 9.81. The van der Waals surface area contributed by atoms with Crippen LogP contribution in [0.3, 0.4) is 0 Å². The Morgan fingerprint density at radius 3 is 1.60 bits per heavy atom. The molecule has 11 aromatic carbocycles. The fourth-order valence-electron chi connectivity index (χ4n) is 11.0. The summed E-state index contributed by atoms with van der Waals surface area (Å²) in [6, 6.07) is 92.5. The van der Waals surface area contributed by atoms with Crippen molar-refractivity contribution in [3.05, 3.63) is 266 Å². The molecule has 3 nitrogen and oxygen atoms in total. The fourth-order valence-corrected chi connectivity index (χ4v) is 11.0. The fraction of sp³-hybridized carbons (Fsp3) is 0.0448. The molecule has 0 bridgehead atoms. The molecule has 0 saturated carbocycles. The van der Waals surface area contributed by atoms with Crippen LogP contribution in [0.25, 0.3) is 77.2 Å². The van der Waals surface area contributed by atoms with Gasteiger partial charge in [-0.1, -0.05) is 196 Å². The van der Waals surface area contributed by atoms with Crippen LogP contribution in [0.4, 0.5) is 34.1 Å². The lowest BCUT2D eigenvalue weighted by molar-refractivity contribution is 0.660. The molecule has 12 aromatic rings. The zero-order chi connectivity index (χ0) is 46.8. The normalized spacial score (nSPS) is 12.5. The van der Waals surface area contributed by atoms with Crippen molar-refractivity contribution in [2.75, 3.05) is 9.80 Å². The van der Waals surface area contributed by atoms with E-state index in [9.17, 15) is 0 Å². The molecule has 1 heterocycles. The summed E-state index contributed by atoms with van der Waals surface area (Å²) in [5, 5.41) is 4.58. The number of para-hydroxylation sites is 4. The Labute approximate surface area is 408 Å². The van der Waals surface area contributed by atoms with Gasteiger partial charge in [0.2, 0.25) is 0 Å². The second-order valence-corrected chi connectivity index (χ2v) is 18.9. The lowest BCUT2D eigenvalue weighted by Gasteiger charge is -2.31. The number of nitrogens with zero attached hydrogens (tertiary/aromatic N) is 2. The van der Waals surface area contributed by atoms with Gasteiger partial charge in [-0.25, -0.2) is 0 Å². The van der Waals surface area contributed by atoms with Crippen molar-refractivity contribution in [3.8, 4) is 44.5 Å². The van der Waals surface area contributed by atoms with Crippen molar-refractivity contribution in [1.82, 2.24) is 0 Å². The molecule has 0 spiro atoms. The molecule has 13 rings (SSSR count). The third-order valence-electron chi connectivity index (χ3n) is 14.4. The second-order valence-electron chi connectivity index (χ2n) is 18.9. The zero-order valence-electron chi connectivity index (χ0n) is 39.1. The average Bonchev–Trinajstić information content (AvgIpc) is 3.91. The Hall–Kier alpha value is -8.92. The summed E-state index contributed by atoms with van der Waals surface area (Å²) < 4.78 is 6.95. The Balaban J connectivity index is 1.10. The van der Waals surface area contributed by atoms with Gasteiger partial charge in [0.25, 0.3) is 0 Å². The van der Waals surface area contributed by atoms with Gasteiger partial charge in [0.05, 0.1) is 5.69 Å². The zero-order valence-corrected chi connectivity index (χ0v) is 39.1. The van der Waals surface area contributed by atoms with E-state index in [0.717, 1.165) is 67.2 Å². The topological polar surface area (TPSA) is 19.6 Å². The molecule has 0 amide bonds. The summed E-state index contributed by atoms with van der Waals surface area (Å²) in [7, 11) is 0.